The lowest BCUT2D eigenvalue weighted by atomic mass is 9.92. The third-order valence-electron chi connectivity index (χ3n) is 4.36. The van der Waals surface area contributed by atoms with Crippen molar-refractivity contribution in [3.05, 3.63) is 59.7 Å². The molecule has 0 saturated carbocycles. The summed E-state index contributed by atoms with van der Waals surface area (Å²) in [6, 6.07) is 11.9. The molecule has 1 fully saturated rings. The van der Waals surface area contributed by atoms with Crippen molar-refractivity contribution in [2.24, 2.45) is 5.10 Å². The van der Waals surface area contributed by atoms with E-state index in [0.29, 0.717) is 23.5 Å². The van der Waals surface area contributed by atoms with Gasteiger partial charge in [-0.2, -0.15) is 13.9 Å². The zero-order chi connectivity index (χ0) is 21.0. The quantitative estimate of drug-likeness (QED) is 0.567. The second kappa shape index (κ2) is 8.26. The Bertz CT molecular complexity index is 934. The van der Waals surface area contributed by atoms with E-state index < -0.39 is 24.1 Å². The molecule has 3 rings (SSSR count). The Hall–Kier alpha value is -3.49. The van der Waals surface area contributed by atoms with Crippen molar-refractivity contribution in [3.8, 4) is 11.5 Å². The lowest BCUT2D eigenvalue weighted by Gasteiger charge is -2.21. The highest BCUT2D eigenvalue weighted by molar-refractivity contribution is 6.07. The Morgan fingerprint density at radius 3 is 2.52 bits per heavy atom. The SMILES string of the molecule is CCOc1ccccc1/C=N/N1C(=O)NC(C)(c2ccc(OC(F)F)cc2)C1=O. The van der Waals surface area contributed by atoms with Crippen LogP contribution < -0.4 is 14.8 Å². The first kappa shape index (κ1) is 20.2. The van der Waals surface area contributed by atoms with Gasteiger partial charge in [-0.3, -0.25) is 4.79 Å². The minimum Gasteiger partial charge on any atom is -0.493 e. The van der Waals surface area contributed by atoms with Gasteiger partial charge in [0.15, 0.2) is 0 Å². The fraction of sp³-hybridized carbons (Fsp3) is 0.250. The standard InChI is InChI=1S/C20H19F2N3O4/c1-3-28-16-7-5-4-6-13(16)12-23-25-17(26)20(2,24-19(25)27)14-8-10-15(11-9-14)29-18(21)22/h4-12,18H,3H2,1-2H3,(H,24,27)/b23-12+. The van der Waals surface area contributed by atoms with Gasteiger partial charge in [0.05, 0.1) is 12.8 Å². The van der Waals surface area contributed by atoms with E-state index in [4.69, 9.17) is 4.74 Å². The largest absolute Gasteiger partial charge is 0.493 e. The van der Waals surface area contributed by atoms with Crippen molar-refractivity contribution >= 4 is 18.2 Å². The maximum atomic E-state index is 12.9. The van der Waals surface area contributed by atoms with Gasteiger partial charge in [-0.1, -0.05) is 24.3 Å². The highest BCUT2D eigenvalue weighted by atomic mass is 19.3. The van der Waals surface area contributed by atoms with Crippen LogP contribution in [0, 0.1) is 0 Å². The van der Waals surface area contributed by atoms with Gasteiger partial charge in [0.1, 0.15) is 17.0 Å². The summed E-state index contributed by atoms with van der Waals surface area (Å²) in [6.45, 7) is 0.861. The van der Waals surface area contributed by atoms with Crippen LogP contribution in [0.25, 0.3) is 0 Å². The molecular formula is C20H19F2N3O4. The molecule has 1 atom stereocenters. The molecular weight excluding hydrogens is 384 g/mol. The zero-order valence-corrected chi connectivity index (χ0v) is 15.8. The van der Waals surface area contributed by atoms with Crippen LogP contribution >= 0.6 is 0 Å². The molecule has 2 aromatic rings. The minimum absolute atomic E-state index is 0.0495. The third-order valence-corrected chi connectivity index (χ3v) is 4.36. The van der Waals surface area contributed by atoms with Gasteiger partial charge in [-0.25, -0.2) is 4.79 Å². The number of imide groups is 1. The molecule has 2 aromatic carbocycles. The predicted molar refractivity (Wildman–Crippen MR) is 101 cm³/mol. The molecule has 1 unspecified atom stereocenters. The second-order valence-corrected chi connectivity index (χ2v) is 6.29. The molecule has 1 aliphatic heterocycles. The summed E-state index contributed by atoms with van der Waals surface area (Å²) in [5.41, 5.74) is -0.376. The van der Waals surface area contributed by atoms with E-state index in [9.17, 15) is 18.4 Å². The van der Waals surface area contributed by atoms with Crippen molar-refractivity contribution < 1.29 is 27.8 Å². The van der Waals surface area contributed by atoms with Crippen LogP contribution in [-0.4, -0.2) is 36.4 Å². The van der Waals surface area contributed by atoms with E-state index in [1.807, 2.05) is 6.92 Å². The summed E-state index contributed by atoms with van der Waals surface area (Å²) in [4.78, 5) is 25.2. The van der Waals surface area contributed by atoms with Crippen LogP contribution in [-0.2, 0) is 10.3 Å². The van der Waals surface area contributed by atoms with Gasteiger partial charge in [0.2, 0.25) is 0 Å². The van der Waals surface area contributed by atoms with Crippen LogP contribution in [0.3, 0.4) is 0 Å². The average molecular weight is 403 g/mol. The molecule has 0 spiro atoms. The van der Waals surface area contributed by atoms with E-state index >= 15 is 0 Å². The van der Waals surface area contributed by atoms with Crippen molar-refractivity contribution in [2.75, 3.05) is 6.61 Å². The van der Waals surface area contributed by atoms with Crippen molar-refractivity contribution in [1.82, 2.24) is 10.3 Å². The van der Waals surface area contributed by atoms with Gasteiger partial charge in [0, 0.05) is 5.56 Å². The highest BCUT2D eigenvalue weighted by Gasteiger charge is 2.49. The summed E-state index contributed by atoms with van der Waals surface area (Å²) >= 11 is 0. The summed E-state index contributed by atoms with van der Waals surface area (Å²) in [7, 11) is 0. The number of hydrazone groups is 1. The first-order valence-electron chi connectivity index (χ1n) is 8.83. The molecule has 0 radical (unpaired) electrons. The second-order valence-electron chi connectivity index (χ2n) is 6.29. The molecule has 7 nitrogen and oxygen atoms in total. The number of halogens is 2. The molecule has 0 bridgehead atoms. The number of amides is 3. The van der Waals surface area contributed by atoms with Gasteiger partial charge in [-0.15, -0.1) is 5.01 Å². The zero-order valence-electron chi connectivity index (χ0n) is 15.8. The Morgan fingerprint density at radius 1 is 1.17 bits per heavy atom. The van der Waals surface area contributed by atoms with E-state index in [0.717, 1.165) is 5.01 Å². The molecule has 0 aromatic heterocycles. The summed E-state index contributed by atoms with van der Waals surface area (Å²) in [6.07, 6.45) is 1.37. The summed E-state index contributed by atoms with van der Waals surface area (Å²) < 4.78 is 34.4. The lowest BCUT2D eigenvalue weighted by Crippen LogP contribution is -2.40. The number of benzene rings is 2. The van der Waals surface area contributed by atoms with Gasteiger partial charge >= 0.3 is 12.6 Å². The minimum atomic E-state index is -2.95. The number of nitrogens with one attached hydrogen (secondary N) is 1. The van der Waals surface area contributed by atoms with E-state index in [1.54, 1.807) is 24.3 Å². The Morgan fingerprint density at radius 2 is 1.86 bits per heavy atom. The van der Waals surface area contributed by atoms with E-state index in [2.05, 4.69) is 15.2 Å². The summed E-state index contributed by atoms with van der Waals surface area (Å²) in [5, 5.41) is 7.33. The first-order valence-corrected chi connectivity index (χ1v) is 8.83. The van der Waals surface area contributed by atoms with E-state index in [1.165, 1.54) is 37.4 Å². The number of hydrogen-bond donors (Lipinski definition) is 1. The third kappa shape index (κ3) is 4.18. The maximum absolute atomic E-state index is 12.9. The van der Waals surface area contributed by atoms with Gasteiger partial charge in [-0.05, 0) is 43.7 Å². The monoisotopic (exact) mass is 403 g/mol. The smallest absolute Gasteiger partial charge is 0.387 e. The van der Waals surface area contributed by atoms with Gasteiger partial charge in [0.25, 0.3) is 5.91 Å². The molecule has 152 valence electrons. The number of rotatable bonds is 7. The molecule has 1 saturated heterocycles. The van der Waals surface area contributed by atoms with Crippen LogP contribution in [0.2, 0.25) is 0 Å². The average Bonchev–Trinajstić information content (AvgIpc) is 2.91. The predicted octanol–water partition coefficient (Wildman–Crippen LogP) is 3.49. The number of alkyl halides is 2. The number of hydrogen-bond acceptors (Lipinski definition) is 5. The molecule has 1 N–H and O–H groups in total. The van der Waals surface area contributed by atoms with Crippen LogP contribution in [0.1, 0.15) is 25.0 Å². The number of para-hydroxylation sites is 1. The number of nitrogens with zero attached hydrogens (tertiary/aromatic N) is 2. The topological polar surface area (TPSA) is 80.2 Å². The Kier molecular flexibility index (Phi) is 5.76. The van der Waals surface area contributed by atoms with Crippen LogP contribution in [0.15, 0.2) is 53.6 Å². The fourth-order valence-corrected chi connectivity index (χ4v) is 2.89. The van der Waals surface area contributed by atoms with Crippen LogP contribution in [0.5, 0.6) is 11.5 Å². The van der Waals surface area contributed by atoms with Crippen molar-refractivity contribution in [2.45, 2.75) is 26.0 Å². The Balaban J connectivity index is 1.82. The van der Waals surface area contributed by atoms with Crippen molar-refractivity contribution in [3.63, 3.8) is 0 Å². The van der Waals surface area contributed by atoms with Crippen LogP contribution in [0.4, 0.5) is 13.6 Å². The summed E-state index contributed by atoms with van der Waals surface area (Å²) in [5.74, 6) is -0.0788. The molecule has 1 heterocycles. The van der Waals surface area contributed by atoms with Crippen molar-refractivity contribution in [1.29, 1.82) is 0 Å². The normalized spacial score (nSPS) is 19.1. The number of carbonyl (C=O) groups is 2. The highest BCUT2D eigenvalue weighted by Crippen LogP contribution is 2.30. The Labute approximate surface area is 165 Å². The number of carbonyl (C=O) groups excluding carboxylic acids is 2. The molecule has 1 aliphatic rings. The molecule has 3 amide bonds. The number of ether oxygens (including phenoxy) is 2. The van der Waals surface area contributed by atoms with Gasteiger partial charge < -0.3 is 14.8 Å². The van der Waals surface area contributed by atoms with E-state index in [-0.39, 0.29) is 5.75 Å². The lowest BCUT2D eigenvalue weighted by molar-refractivity contribution is -0.131. The first-order chi connectivity index (χ1) is 13.8. The molecule has 9 heteroatoms. The maximum Gasteiger partial charge on any atom is 0.387 e. The molecule has 29 heavy (non-hydrogen) atoms. The molecule has 0 aliphatic carbocycles. The fourth-order valence-electron chi connectivity index (χ4n) is 2.89. The number of urea groups is 1.